The third kappa shape index (κ3) is 17.4. The fourth-order valence-electron chi connectivity index (χ4n) is 1.28. The van der Waals surface area contributed by atoms with Crippen LogP contribution in [0, 0.1) is 5.92 Å². The van der Waals surface area contributed by atoms with Crippen molar-refractivity contribution in [1.82, 2.24) is 0 Å². The third-order valence-electron chi connectivity index (χ3n) is 2.44. The predicted octanol–water partition coefficient (Wildman–Crippen LogP) is 0.884. The Kier molecular flexibility index (Phi) is 17.1. The zero-order valence-electron chi connectivity index (χ0n) is 13.1. The van der Waals surface area contributed by atoms with Crippen LogP contribution >= 0.6 is 0 Å². The van der Waals surface area contributed by atoms with Crippen molar-refractivity contribution in [1.29, 1.82) is 0 Å². The average Bonchev–Trinajstić information content (AvgIpc) is 2.50. The van der Waals surface area contributed by atoms with E-state index in [1.54, 1.807) is 6.08 Å². The fraction of sp³-hybridized carbons (Fsp3) is 0.867. The molecule has 0 spiro atoms. The van der Waals surface area contributed by atoms with Crippen molar-refractivity contribution in [3.63, 3.8) is 0 Å². The molecule has 0 bridgehead atoms. The summed E-state index contributed by atoms with van der Waals surface area (Å²) >= 11 is 0. The molecule has 0 rings (SSSR count). The first-order valence-corrected chi connectivity index (χ1v) is 7.41. The van der Waals surface area contributed by atoms with Crippen molar-refractivity contribution in [2.45, 2.75) is 6.92 Å². The van der Waals surface area contributed by atoms with Gasteiger partial charge in [0.15, 0.2) is 0 Å². The summed E-state index contributed by atoms with van der Waals surface area (Å²) in [4.78, 5) is 0. The smallest absolute Gasteiger partial charge is 0.0704 e. The Morgan fingerprint density at radius 1 is 0.810 bits per heavy atom. The number of ether oxygens (including phenoxy) is 5. The highest BCUT2D eigenvalue weighted by Gasteiger charge is 1.99. The van der Waals surface area contributed by atoms with Crippen LogP contribution in [-0.4, -0.2) is 77.8 Å². The summed E-state index contributed by atoms with van der Waals surface area (Å²) in [5, 5.41) is 8.80. The van der Waals surface area contributed by atoms with Crippen LogP contribution < -0.4 is 0 Å². The van der Waals surface area contributed by atoms with E-state index in [4.69, 9.17) is 28.8 Å². The summed E-state index contributed by atoms with van der Waals surface area (Å²) in [5.41, 5.74) is 0. The number of aliphatic hydroxyl groups is 1. The summed E-state index contributed by atoms with van der Waals surface area (Å²) in [5.74, 6) is 0.176. The van der Waals surface area contributed by atoms with Gasteiger partial charge in [0.2, 0.25) is 0 Å². The van der Waals surface area contributed by atoms with Crippen LogP contribution in [0.25, 0.3) is 0 Å². The van der Waals surface area contributed by atoms with Gasteiger partial charge in [-0.25, -0.2) is 0 Å². The Balaban J connectivity index is 2.98. The second-order valence-corrected chi connectivity index (χ2v) is 4.56. The first kappa shape index (κ1) is 20.5. The molecule has 1 unspecified atom stereocenters. The van der Waals surface area contributed by atoms with E-state index in [0.29, 0.717) is 66.1 Å². The molecule has 1 atom stereocenters. The lowest BCUT2D eigenvalue weighted by Gasteiger charge is -2.09. The van der Waals surface area contributed by atoms with Crippen LogP contribution in [0.15, 0.2) is 12.7 Å². The van der Waals surface area contributed by atoms with Crippen molar-refractivity contribution in [3.8, 4) is 0 Å². The molecule has 6 nitrogen and oxygen atoms in total. The molecule has 1 N–H and O–H groups in total. The van der Waals surface area contributed by atoms with Gasteiger partial charge in [-0.2, -0.15) is 0 Å². The Morgan fingerprint density at radius 2 is 1.24 bits per heavy atom. The van der Waals surface area contributed by atoms with Crippen LogP contribution in [-0.2, 0) is 23.7 Å². The third-order valence-corrected chi connectivity index (χ3v) is 2.44. The standard InChI is InChI=1S/C15H30O6/c1-3-4-17-5-6-18-7-8-19-9-10-20-11-12-21-14-15(2)13-16/h3,15-16H,1,4-14H2,2H3. The Hall–Kier alpha value is -0.500. The van der Waals surface area contributed by atoms with Crippen LogP contribution in [0.5, 0.6) is 0 Å². The second kappa shape index (κ2) is 17.6. The van der Waals surface area contributed by atoms with E-state index in [9.17, 15) is 0 Å². The van der Waals surface area contributed by atoms with Gasteiger partial charge in [0.25, 0.3) is 0 Å². The molecule has 0 heterocycles. The van der Waals surface area contributed by atoms with E-state index in [0.717, 1.165) is 0 Å². The number of rotatable bonds is 17. The monoisotopic (exact) mass is 306 g/mol. The molecule has 0 aromatic rings. The lowest BCUT2D eigenvalue weighted by molar-refractivity contribution is -0.0133. The molecule has 0 saturated carbocycles. The van der Waals surface area contributed by atoms with Crippen LogP contribution in [0.3, 0.4) is 0 Å². The average molecular weight is 306 g/mol. The van der Waals surface area contributed by atoms with Crippen LogP contribution in [0.1, 0.15) is 6.92 Å². The molecular formula is C15H30O6. The summed E-state index contributed by atoms with van der Waals surface area (Å²) in [6.45, 7) is 11.2. The van der Waals surface area contributed by atoms with Gasteiger partial charge in [0, 0.05) is 12.5 Å². The Labute approximate surface area is 128 Å². The van der Waals surface area contributed by atoms with Crippen molar-refractivity contribution in [3.05, 3.63) is 12.7 Å². The lowest BCUT2D eigenvalue weighted by atomic mass is 10.2. The highest BCUT2D eigenvalue weighted by atomic mass is 16.6. The second-order valence-electron chi connectivity index (χ2n) is 4.56. The summed E-state index contributed by atoms with van der Waals surface area (Å²) < 4.78 is 26.5. The van der Waals surface area contributed by atoms with Gasteiger partial charge in [0.1, 0.15) is 0 Å². The van der Waals surface area contributed by atoms with Gasteiger partial charge >= 0.3 is 0 Å². The molecule has 0 amide bonds. The first-order chi connectivity index (χ1) is 10.3. The number of aliphatic hydroxyl groups excluding tert-OH is 1. The van der Waals surface area contributed by atoms with Gasteiger partial charge in [-0.3, -0.25) is 0 Å². The molecule has 0 aliphatic carbocycles. The maximum Gasteiger partial charge on any atom is 0.0704 e. The summed E-state index contributed by atoms with van der Waals surface area (Å²) in [6.07, 6.45) is 1.71. The predicted molar refractivity (Wildman–Crippen MR) is 80.5 cm³/mol. The molecule has 126 valence electrons. The van der Waals surface area contributed by atoms with E-state index in [1.165, 1.54) is 0 Å². The van der Waals surface area contributed by atoms with Crippen molar-refractivity contribution in [2.24, 2.45) is 5.92 Å². The van der Waals surface area contributed by atoms with Gasteiger partial charge in [-0.05, 0) is 0 Å². The van der Waals surface area contributed by atoms with E-state index in [2.05, 4.69) is 6.58 Å². The van der Waals surface area contributed by atoms with Gasteiger partial charge < -0.3 is 28.8 Å². The summed E-state index contributed by atoms with van der Waals surface area (Å²) in [7, 11) is 0. The molecule has 0 aromatic carbocycles. The molecule has 0 radical (unpaired) electrons. The molecule has 6 heteroatoms. The van der Waals surface area contributed by atoms with Gasteiger partial charge in [0.05, 0.1) is 66.1 Å². The molecule has 0 aliphatic heterocycles. The van der Waals surface area contributed by atoms with E-state index in [1.807, 2.05) is 6.92 Å². The minimum Gasteiger partial charge on any atom is -0.396 e. The zero-order valence-corrected chi connectivity index (χ0v) is 13.1. The Bertz CT molecular complexity index is 212. The number of hydrogen-bond acceptors (Lipinski definition) is 6. The van der Waals surface area contributed by atoms with Crippen molar-refractivity contribution < 1.29 is 28.8 Å². The fourth-order valence-corrected chi connectivity index (χ4v) is 1.28. The molecule has 0 saturated heterocycles. The SMILES string of the molecule is C=CCOCCOCCOCCOCCOCC(C)CO. The molecule has 0 aromatic heterocycles. The minimum absolute atomic E-state index is 0.150. The topological polar surface area (TPSA) is 66.4 Å². The number of hydrogen-bond donors (Lipinski definition) is 1. The zero-order chi connectivity index (χ0) is 15.6. The highest BCUT2D eigenvalue weighted by Crippen LogP contribution is 1.93. The van der Waals surface area contributed by atoms with Crippen LogP contribution in [0.2, 0.25) is 0 Å². The minimum atomic E-state index is 0.150. The summed E-state index contributed by atoms with van der Waals surface area (Å²) in [6, 6.07) is 0. The van der Waals surface area contributed by atoms with Crippen LogP contribution in [0.4, 0.5) is 0 Å². The normalized spacial score (nSPS) is 12.5. The molecule has 0 fully saturated rings. The van der Waals surface area contributed by atoms with E-state index < -0.39 is 0 Å². The maximum absolute atomic E-state index is 8.80. The molecule has 0 aliphatic rings. The Morgan fingerprint density at radius 3 is 1.67 bits per heavy atom. The maximum atomic E-state index is 8.80. The van der Waals surface area contributed by atoms with Crippen molar-refractivity contribution >= 4 is 0 Å². The van der Waals surface area contributed by atoms with E-state index in [-0.39, 0.29) is 12.5 Å². The first-order valence-electron chi connectivity index (χ1n) is 7.41. The lowest BCUT2D eigenvalue weighted by Crippen LogP contribution is -2.15. The molecule has 21 heavy (non-hydrogen) atoms. The molecular weight excluding hydrogens is 276 g/mol. The quantitative estimate of drug-likeness (QED) is 0.318. The van der Waals surface area contributed by atoms with Gasteiger partial charge in [-0.15, -0.1) is 6.58 Å². The van der Waals surface area contributed by atoms with E-state index >= 15 is 0 Å². The highest BCUT2D eigenvalue weighted by molar-refractivity contribution is 4.63. The van der Waals surface area contributed by atoms with Crippen molar-refractivity contribution in [2.75, 3.05) is 72.7 Å². The largest absolute Gasteiger partial charge is 0.396 e. The van der Waals surface area contributed by atoms with Gasteiger partial charge in [-0.1, -0.05) is 13.0 Å².